The van der Waals surface area contributed by atoms with Crippen LogP contribution < -0.4 is 21.7 Å². The number of nitrogens with two attached hydrogens (primary N) is 1. The number of urea groups is 1. The first-order chi connectivity index (χ1) is 26.6. The van der Waals surface area contributed by atoms with Crippen LogP contribution in [0, 0.1) is 11.3 Å². The van der Waals surface area contributed by atoms with Crippen molar-refractivity contribution in [2.45, 2.75) is 153 Å². The molecule has 0 radical (unpaired) electrons. The van der Waals surface area contributed by atoms with Crippen molar-refractivity contribution in [3.8, 4) is 0 Å². The zero-order valence-electron chi connectivity index (χ0n) is 34.4. The minimum absolute atomic E-state index is 0.0918. The topological polar surface area (TPSA) is 214 Å². The zero-order chi connectivity index (χ0) is 41.9. The second-order valence-corrected chi connectivity index (χ2v) is 21.4. The molecule has 5 rings (SSSR count). The summed E-state index contributed by atoms with van der Waals surface area (Å²) >= 11 is 0. The summed E-state index contributed by atoms with van der Waals surface area (Å²) < 4.78 is 31.7. The van der Waals surface area contributed by atoms with Crippen molar-refractivity contribution in [1.82, 2.24) is 25.8 Å². The Morgan fingerprint density at radius 1 is 0.930 bits per heavy atom. The Morgan fingerprint density at radius 3 is 2.16 bits per heavy atom. The largest absolute Gasteiger partial charge is 0.444 e. The molecule has 6 amide bonds. The Balaban J connectivity index is 1.38. The molecule has 57 heavy (non-hydrogen) atoms. The SMILES string of the molecule is CC(C)(C)[C@H](NC(=O)NC1(CS(=O)(=O)C(C)(C)C)CCCCC1)C(=O)N1C[C@H](OC(=O)N2CCc3ccccc3C2)C[C@H]1C(=O)NC(CC1CCC1)C(=O)C(N)=O. The molecule has 2 heterocycles. The fraction of sp³-hybridized carbons (Fsp3) is 0.707. The van der Waals surface area contributed by atoms with Crippen LogP contribution in [0.1, 0.15) is 117 Å². The van der Waals surface area contributed by atoms with Gasteiger partial charge in [-0.1, -0.05) is 83.6 Å². The van der Waals surface area contributed by atoms with Crippen LogP contribution in [-0.4, -0.2) is 107 Å². The molecule has 1 unspecified atom stereocenters. The van der Waals surface area contributed by atoms with Gasteiger partial charge in [0, 0.05) is 19.5 Å². The van der Waals surface area contributed by atoms with Gasteiger partial charge in [-0.05, 0) is 68.9 Å². The van der Waals surface area contributed by atoms with E-state index in [1.54, 1.807) is 46.4 Å². The van der Waals surface area contributed by atoms with Crippen LogP contribution in [0.5, 0.6) is 0 Å². The van der Waals surface area contributed by atoms with Crippen LogP contribution in [-0.2, 0) is 46.7 Å². The monoisotopic (exact) mass is 814 g/mol. The summed E-state index contributed by atoms with van der Waals surface area (Å²) in [6.45, 7) is 10.8. The number of carbonyl (C=O) groups is 6. The maximum Gasteiger partial charge on any atom is 0.410 e. The van der Waals surface area contributed by atoms with Crippen LogP contribution in [0.3, 0.4) is 0 Å². The average Bonchev–Trinajstić information content (AvgIpc) is 3.53. The Kier molecular flexibility index (Phi) is 13.4. The van der Waals surface area contributed by atoms with Crippen molar-refractivity contribution in [1.29, 1.82) is 0 Å². The quantitative estimate of drug-likeness (QED) is 0.227. The first-order valence-electron chi connectivity index (χ1n) is 20.4. The Bertz CT molecular complexity index is 1810. The van der Waals surface area contributed by atoms with Gasteiger partial charge in [-0.3, -0.25) is 19.2 Å². The third-order valence-electron chi connectivity index (χ3n) is 12.2. The minimum atomic E-state index is -3.63. The smallest absolute Gasteiger partial charge is 0.410 e. The van der Waals surface area contributed by atoms with Gasteiger partial charge >= 0.3 is 12.1 Å². The fourth-order valence-electron chi connectivity index (χ4n) is 8.31. The second-order valence-electron chi connectivity index (χ2n) is 18.6. The normalized spacial score (nSPS) is 22.3. The number of hydrogen-bond donors (Lipinski definition) is 4. The first-order valence-corrected chi connectivity index (χ1v) is 22.0. The van der Waals surface area contributed by atoms with E-state index in [4.69, 9.17) is 10.5 Å². The molecule has 15 nitrogen and oxygen atoms in total. The molecule has 316 valence electrons. The molecule has 0 spiro atoms. The molecule has 4 aliphatic rings. The lowest BCUT2D eigenvalue weighted by Gasteiger charge is -2.41. The van der Waals surface area contributed by atoms with Gasteiger partial charge in [-0.25, -0.2) is 18.0 Å². The van der Waals surface area contributed by atoms with Crippen LogP contribution in [0.4, 0.5) is 9.59 Å². The molecule has 1 aromatic rings. The van der Waals surface area contributed by atoms with E-state index in [1.165, 1.54) is 4.90 Å². The van der Waals surface area contributed by atoms with Crippen molar-refractivity contribution in [2.24, 2.45) is 17.1 Å². The van der Waals surface area contributed by atoms with Crippen LogP contribution in [0.15, 0.2) is 24.3 Å². The highest BCUT2D eigenvalue weighted by molar-refractivity contribution is 7.92. The highest BCUT2D eigenvalue weighted by Crippen LogP contribution is 2.34. The van der Waals surface area contributed by atoms with Gasteiger partial charge in [0.15, 0.2) is 9.84 Å². The number of rotatable bonds is 12. The maximum atomic E-state index is 14.7. The molecule has 5 N–H and O–H groups in total. The summed E-state index contributed by atoms with van der Waals surface area (Å²) in [5, 5.41) is 8.48. The van der Waals surface area contributed by atoms with Gasteiger partial charge in [0.05, 0.1) is 28.6 Å². The van der Waals surface area contributed by atoms with Gasteiger partial charge in [-0.2, -0.15) is 0 Å². The molecule has 2 saturated carbocycles. The number of carbonyl (C=O) groups excluding carboxylic acids is 6. The molecule has 2 aliphatic carbocycles. The van der Waals surface area contributed by atoms with Crippen molar-refractivity contribution in [3.63, 3.8) is 0 Å². The van der Waals surface area contributed by atoms with E-state index in [-0.39, 0.29) is 31.1 Å². The molecule has 1 saturated heterocycles. The maximum absolute atomic E-state index is 14.7. The predicted octanol–water partition coefficient (Wildman–Crippen LogP) is 3.51. The lowest BCUT2D eigenvalue weighted by Crippen LogP contribution is -2.63. The standard InChI is InChI=1S/C41H62N6O9S/c1-39(2,3)33(44-37(52)45-41(18-10-7-11-19-41)25-57(54,55)40(4,5)6)36(51)47-24-29(56-38(53)46-20-17-27-15-8-9-16-28(27)23-46)22-31(47)35(50)43-30(32(48)34(42)49)21-26-13-12-14-26/h8-9,15-16,26,29-31,33H,7,10-14,17-25H2,1-6H3,(H2,42,49)(H,43,50)(H2,44,45,52)/t29-,30?,31+,33-/m1/s1. The van der Waals surface area contributed by atoms with E-state index in [9.17, 15) is 37.2 Å². The number of nitrogens with one attached hydrogen (secondary N) is 3. The van der Waals surface area contributed by atoms with Gasteiger partial charge < -0.3 is 36.2 Å². The number of ketones is 1. The van der Waals surface area contributed by atoms with Crippen LogP contribution >= 0.6 is 0 Å². The molecule has 0 aromatic heterocycles. The average molecular weight is 815 g/mol. The Morgan fingerprint density at radius 2 is 1.58 bits per heavy atom. The fourth-order valence-corrected chi connectivity index (χ4v) is 9.83. The van der Waals surface area contributed by atoms with E-state index >= 15 is 0 Å². The molecule has 16 heteroatoms. The number of fused-ring (bicyclic) bond motifs is 1. The van der Waals surface area contributed by atoms with Crippen LogP contribution in [0.2, 0.25) is 0 Å². The highest BCUT2D eigenvalue weighted by Gasteiger charge is 2.48. The summed E-state index contributed by atoms with van der Waals surface area (Å²) in [4.78, 5) is 84.1. The number of likely N-dealkylation sites (tertiary alicyclic amines) is 1. The number of benzene rings is 1. The number of ether oxygens (including phenoxy) is 1. The zero-order valence-corrected chi connectivity index (χ0v) is 35.2. The Labute approximate surface area is 336 Å². The minimum Gasteiger partial charge on any atom is -0.444 e. The van der Waals surface area contributed by atoms with Crippen molar-refractivity contribution < 1.29 is 41.9 Å². The summed E-state index contributed by atoms with van der Waals surface area (Å²) in [7, 11) is -3.63. The van der Waals surface area contributed by atoms with Crippen molar-refractivity contribution in [3.05, 3.63) is 35.4 Å². The number of primary amides is 1. The number of nitrogens with zero attached hydrogens (tertiary/aromatic N) is 2. The van der Waals surface area contributed by atoms with Crippen LogP contribution in [0.25, 0.3) is 0 Å². The number of sulfone groups is 1. The Hall–Kier alpha value is -4.21. The first kappa shape index (κ1) is 43.9. The number of hydrogen-bond acceptors (Lipinski definition) is 9. The van der Waals surface area contributed by atoms with E-state index in [2.05, 4.69) is 16.0 Å². The van der Waals surface area contributed by atoms with Gasteiger partial charge in [0.2, 0.25) is 17.6 Å². The van der Waals surface area contributed by atoms with E-state index in [0.29, 0.717) is 32.4 Å². The molecule has 0 bridgehead atoms. The van der Waals surface area contributed by atoms with Gasteiger partial charge in [0.25, 0.3) is 5.91 Å². The molecular formula is C41H62N6O9S. The molecule has 2 aliphatic heterocycles. The lowest BCUT2D eigenvalue weighted by atomic mass is 9.80. The third-order valence-corrected chi connectivity index (χ3v) is 15.0. The van der Waals surface area contributed by atoms with Gasteiger partial charge in [0.1, 0.15) is 18.2 Å². The summed E-state index contributed by atoms with van der Waals surface area (Å²) in [5.41, 5.74) is 5.58. The molecule has 1 aromatic carbocycles. The van der Waals surface area contributed by atoms with Crippen molar-refractivity contribution >= 4 is 45.5 Å². The van der Waals surface area contributed by atoms with Crippen molar-refractivity contribution in [2.75, 3.05) is 18.8 Å². The number of amides is 6. The van der Waals surface area contributed by atoms with Gasteiger partial charge in [-0.15, -0.1) is 0 Å². The third kappa shape index (κ3) is 10.7. The summed E-state index contributed by atoms with van der Waals surface area (Å²) in [6, 6.07) is 3.49. The van der Waals surface area contributed by atoms with E-state index < -0.39 is 85.4 Å². The van der Waals surface area contributed by atoms with E-state index in [0.717, 1.165) is 49.7 Å². The predicted molar refractivity (Wildman–Crippen MR) is 213 cm³/mol. The molecule has 4 atom stereocenters. The molecule has 3 fully saturated rings. The summed E-state index contributed by atoms with van der Waals surface area (Å²) in [6.07, 6.45) is 5.22. The number of Topliss-reactive ketones (excluding diaryl/α,β-unsaturated/α-hetero) is 1. The summed E-state index contributed by atoms with van der Waals surface area (Å²) in [5.74, 6) is -3.57. The highest BCUT2D eigenvalue weighted by atomic mass is 32.2. The van der Waals surface area contributed by atoms with E-state index in [1.807, 2.05) is 24.3 Å². The second kappa shape index (κ2) is 17.3. The molecular weight excluding hydrogens is 753 g/mol. The lowest BCUT2D eigenvalue weighted by molar-refractivity contribution is -0.143.